The van der Waals surface area contributed by atoms with E-state index in [1.165, 1.54) is 18.3 Å². The summed E-state index contributed by atoms with van der Waals surface area (Å²) in [6.45, 7) is 0.527. The molecule has 2 unspecified atom stereocenters. The molecule has 2 saturated carbocycles. The standard InChI is InChI=1S/C25H24F4N6O4/c26-15-5-13(7-18(9-15)38-25(27,28)29)20-10-19(39-33-20)11-31-24(37)35(16-1-2-16)17-6-14-8-21(14)34(12-17)23-30-4-3-22(36)32-23/h3-5,7,9-10,14,16-17,21H,1-2,6,8,11-12H2,(H,31,37)(H,30,32,36)/t14?,17-,21?/m1/s1. The molecule has 3 aromatic rings. The van der Waals surface area contributed by atoms with Crippen molar-refractivity contribution in [1.29, 1.82) is 0 Å². The molecule has 3 heterocycles. The predicted molar refractivity (Wildman–Crippen MR) is 128 cm³/mol. The number of nitrogens with one attached hydrogen (secondary N) is 2. The smallest absolute Gasteiger partial charge is 0.406 e. The Balaban J connectivity index is 1.12. The molecule has 2 N–H and O–H groups in total. The molecular formula is C25H24F4N6O4. The number of halogens is 4. The number of ether oxygens (including phenoxy) is 1. The number of aromatic nitrogens is 3. The summed E-state index contributed by atoms with van der Waals surface area (Å²) in [5, 5.41) is 6.65. The van der Waals surface area contributed by atoms with Crippen LogP contribution in [-0.2, 0) is 6.54 Å². The summed E-state index contributed by atoms with van der Waals surface area (Å²) in [6, 6.07) is 5.46. The van der Waals surface area contributed by atoms with Crippen LogP contribution < -0.4 is 20.5 Å². The van der Waals surface area contributed by atoms with E-state index in [2.05, 4.69) is 30.1 Å². The van der Waals surface area contributed by atoms with Gasteiger partial charge in [-0.15, -0.1) is 13.2 Å². The first-order chi connectivity index (χ1) is 18.6. The third-order valence-electron chi connectivity index (χ3n) is 7.14. The lowest BCUT2D eigenvalue weighted by Gasteiger charge is -2.39. The number of H-pyrrole nitrogens is 1. The summed E-state index contributed by atoms with van der Waals surface area (Å²) in [5.41, 5.74) is -0.106. The Morgan fingerprint density at radius 1 is 1.21 bits per heavy atom. The Kier molecular flexibility index (Phi) is 6.19. The van der Waals surface area contributed by atoms with Gasteiger partial charge in [0.25, 0.3) is 5.56 Å². The van der Waals surface area contributed by atoms with Gasteiger partial charge in [-0.1, -0.05) is 5.16 Å². The summed E-state index contributed by atoms with van der Waals surface area (Å²) in [6.07, 6.45) is 0.129. The van der Waals surface area contributed by atoms with E-state index in [4.69, 9.17) is 4.52 Å². The van der Waals surface area contributed by atoms with Gasteiger partial charge in [0.15, 0.2) is 5.76 Å². The number of benzene rings is 1. The van der Waals surface area contributed by atoms with Gasteiger partial charge in [-0.2, -0.15) is 0 Å². The minimum absolute atomic E-state index is 0.0215. The minimum atomic E-state index is -4.97. The van der Waals surface area contributed by atoms with Crippen molar-refractivity contribution in [3.8, 4) is 17.0 Å². The van der Waals surface area contributed by atoms with Gasteiger partial charge in [0, 0.05) is 48.6 Å². The van der Waals surface area contributed by atoms with Gasteiger partial charge >= 0.3 is 12.4 Å². The van der Waals surface area contributed by atoms with Crippen molar-refractivity contribution in [2.24, 2.45) is 5.92 Å². The number of nitrogens with zero attached hydrogens (tertiary/aromatic N) is 4. The van der Waals surface area contributed by atoms with Crippen molar-refractivity contribution < 1.29 is 31.6 Å². The molecule has 1 aliphatic heterocycles. The fraction of sp³-hybridized carbons (Fsp3) is 0.440. The highest BCUT2D eigenvalue weighted by atomic mass is 19.4. The van der Waals surface area contributed by atoms with Crippen LogP contribution in [0.3, 0.4) is 0 Å². The van der Waals surface area contributed by atoms with E-state index in [1.54, 1.807) is 0 Å². The summed E-state index contributed by atoms with van der Waals surface area (Å²) in [5.74, 6) is -0.484. The maximum absolute atomic E-state index is 13.9. The molecule has 14 heteroatoms. The number of carbonyl (C=O) groups excluding carboxylic acids is 1. The molecule has 3 atom stereocenters. The Hall–Kier alpha value is -4.10. The zero-order valence-electron chi connectivity index (χ0n) is 20.4. The summed E-state index contributed by atoms with van der Waals surface area (Å²) < 4.78 is 60.6. The molecule has 2 amide bonds. The lowest BCUT2D eigenvalue weighted by Crippen LogP contribution is -2.54. The quantitative estimate of drug-likeness (QED) is 0.432. The predicted octanol–water partition coefficient (Wildman–Crippen LogP) is 3.80. The van der Waals surface area contributed by atoms with E-state index in [9.17, 15) is 27.2 Å². The van der Waals surface area contributed by atoms with Crippen LogP contribution in [0.15, 0.2) is 45.8 Å². The van der Waals surface area contributed by atoms with Crippen LogP contribution in [0, 0.1) is 11.7 Å². The number of anilines is 1. The van der Waals surface area contributed by atoms with Crippen molar-refractivity contribution in [1.82, 2.24) is 25.3 Å². The van der Waals surface area contributed by atoms with E-state index in [-0.39, 0.29) is 47.2 Å². The number of urea groups is 1. The topological polar surface area (TPSA) is 117 Å². The third-order valence-corrected chi connectivity index (χ3v) is 7.14. The number of carbonyl (C=O) groups is 1. The molecule has 2 aromatic heterocycles. The number of hydrogen-bond donors (Lipinski definition) is 2. The van der Waals surface area contributed by atoms with Gasteiger partial charge in [0.1, 0.15) is 17.3 Å². The van der Waals surface area contributed by atoms with Crippen LogP contribution in [0.2, 0.25) is 0 Å². The van der Waals surface area contributed by atoms with Crippen molar-refractivity contribution in [2.45, 2.75) is 56.7 Å². The van der Waals surface area contributed by atoms with Crippen LogP contribution in [0.5, 0.6) is 5.75 Å². The monoisotopic (exact) mass is 548 g/mol. The molecule has 6 rings (SSSR count). The molecule has 10 nitrogen and oxygen atoms in total. The van der Waals surface area contributed by atoms with Crippen LogP contribution >= 0.6 is 0 Å². The lowest BCUT2D eigenvalue weighted by atomic mass is 10.0. The first-order valence-electron chi connectivity index (χ1n) is 12.5. The molecule has 0 bridgehead atoms. The highest BCUT2D eigenvalue weighted by Crippen LogP contribution is 2.46. The number of fused-ring (bicyclic) bond motifs is 1. The Labute approximate surface area is 218 Å². The van der Waals surface area contributed by atoms with E-state index in [1.807, 2.05) is 4.90 Å². The Bertz CT molecular complexity index is 1440. The number of alkyl halides is 3. The van der Waals surface area contributed by atoms with Gasteiger partial charge in [0.2, 0.25) is 5.95 Å². The largest absolute Gasteiger partial charge is 0.573 e. The number of rotatable bonds is 7. The first-order valence-corrected chi connectivity index (χ1v) is 12.5. The van der Waals surface area contributed by atoms with Crippen molar-refractivity contribution in [3.63, 3.8) is 0 Å². The van der Waals surface area contributed by atoms with Crippen molar-refractivity contribution in [3.05, 3.63) is 58.5 Å². The normalized spacial score (nSPS) is 22.3. The second-order valence-electron chi connectivity index (χ2n) is 10.1. The van der Waals surface area contributed by atoms with Crippen LogP contribution in [0.25, 0.3) is 11.3 Å². The van der Waals surface area contributed by atoms with Crippen LogP contribution in [0.4, 0.5) is 28.3 Å². The molecular weight excluding hydrogens is 524 g/mol. The van der Waals surface area contributed by atoms with Gasteiger partial charge in [-0.3, -0.25) is 9.78 Å². The van der Waals surface area contributed by atoms with E-state index >= 15 is 0 Å². The molecule has 1 aromatic carbocycles. The SMILES string of the molecule is O=C(NCc1cc(-c2cc(F)cc(OC(F)(F)F)c2)no1)N(C1CC1)[C@@H]1CC2CC2N(c2nccc(=O)[nH]2)C1. The van der Waals surface area contributed by atoms with Crippen LogP contribution in [-0.4, -0.2) is 57.1 Å². The van der Waals surface area contributed by atoms with Crippen LogP contribution in [0.1, 0.15) is 31.4 Å². The Morgan fingerprint density at radius 2 is 2.03 bits per heavy atom. The van der Waals surface area contributed by atoms with Crippen molar-refractivity contribution >= 4 is 12.0 Å². The first kappa shape index (κ1) is 25.2. The molecule has 39 heavy (non-hydrogen) atoms. The zero-order valence-corrected chi connectivity index (χ0v) is 20.4. The summed E-state index contributed by atoms with van der Waals surface area (Å²) in [4.78, 5) is 36.1. The summed E-state index contributed by atoms with van der Waals surface area (Å²) in [7, 11) is 0. The summed E-state index contributed by atoms with van der Waals surface area (Å²) >= 11 is 0. The molecule has 3 aliphatic rings. The van der Waals surface area contributed by atoms with Gasteiger partial charge in [-0.25, -0.2) is 14.2 Å². The highest BCUT2D eigenvalue weighted by molar-refractivity contribution is 5.75. The maximum Gasteiger partial charge on any atom is 0.573 e. The fourth-order valence-electron chi connectivity index (χ4n) is 5.28. The average Bonchev–Trinajstić information content (AvgIpc) is 3.79. The maximum atomic E-state index is 13.9. The molecule has 1 saturated heterocycles. The van der Waals surface area contributed by atoms with Gasteiger partial charge < -0.3 is 24.4 Å². The molecule has 3 fully saturated rings. The zero-order chi connectivity index (χ0) is 27.3. The molecule has 206 valence electrons. The third kappa shape index (κ3) is 5.68. The molecule has 0 radical (unpaired) electrons. The number of piperidine rings is 1. The highest BCUT2D eigenvalue weighted by Gasteiger charge is 2.51. The second kappa shape index (κ2) is 9.58. The van der Waals surface area contributed by atoms with E-state index in [0.29, 0.717) is 30.5 Å². The van der Waals surface area contributed by atoms with E-state index < -0.39 is 17.9 Å². The molecule has 2 aliphatic carbocycles. The second-order valence-corrected chi connectivity index (χ2v) is 10.1. The number of amides is 2. The van der Waals surface area contributed by atoms with E-state index in [0.717, 1.165) is 37.8 Å². The lowest BCUT2D eigenvalue weighted by molar-refractivity contribution is -0.274. The van der Waals surface area contributed by atoms with Gasteiger partial charge in [0.05, 0.1) is 12.6 Å². The van der Waals surface area contributed by atoms with Gasteiger partial charge in [-0.05, 0) is 43.7 Å². The fourth-order valence-corrected chi connectivity index (χ4v) is 5.28. The average molecular weight is 548 g/mol. The minimum Gasteiger partial charge on any atom is -0.406 e. The van der Waals surface area contributed by atoms with Crippen molar-refractivity contribution in [2.75, 3.05) is 11.4 Å². The number of aromatic amines is 1. The number of hydrogen-bond acceptors (Lipinski definition) is 7. The Morgan fingerprint density at radius 3 is 2.77 bits per heavy atom. The molecule has 0 spiro atoms.